The molecule has 0 aliphatic carbocycles. The van der Waals surface area contributed by atoms with Gasteiger partial charge in [-0.2, -0.15) is 0 Å². The van der Waals surface area contributed by atoms with Crippen LogP contribution in [0.15, 0.2) is 34.9 Å². The Morgan fingerprint density at radius 3 is 2.70 bits per heavy atom. The molecule has 1 N–H and O–H groups in total. The third kappa shape index (κ3) is 4.91. The van der Waals surface area contributed by atoms with Crippen LogP contribution in [0, 0.1) is 12.7 Å². The van der Waals surface area contributed by atoms with E-state index in [-0.39, 0.29) is 37.1 Å². The number of rotatable bonds is 6. The number of carbonyl (C=O) groups is 2. The molecule has 122 valence electrons. The van der Waals surface area contributed by atoms with E-state index in [0.29, 0.717) is 17.1 Å². The first-order valence-electron chi connectivity index (χ1n) is 7.18. The molecule has 0 fully saturated rings. The SMILES string of the molecule is CC(=O)N(CCC(=O)Nc1cc(C)on1)Cc1ccccc1F. The molecule has 0 saturated heterocycles. The summed E-state index contributed by atoms with van der Waals surface area (Å²) in [6.45, 7) is 3.42. The maximum Gasteiger partial charge on any atom is 0.227 e. The van der Waals surface area contributed by atoms with E-state index in [2.05, 4.69) is 10.5 Å². The molecule has 0 saturated carbocycles. The average molecular weight is 319 g/mol. The van der Waals surface area contributed by atoms with Crippen LogP contribution < -0.4 is 5.32 Å². The molecule has 0 aliphatic rings. The molecule has 0 atom stereocenters. The summed E-state index contributed by atoms with van der Waals surface area (Å²) in [7, 11) is 0. The van der Waals surface area contributed by atoms with Crippen molar-refractivity contribution in [2.75, 3.05) is 11.9 Å². The van der Waals surface area contributed by atoms with Gasteiger partial charge >= 0.3 is 0 Å². The summed E-state index contributed by atoms with van der Waals surface area (Å²) in [5, 5.41) is 6.24. The van der Waals surface area contributed by atoms with Gasteiger partial charge in [-0.15, -0.1) is 0 Å². The third-order valence-electron chi connectivity index (χ3n) is 3.27. The minimum absolute atomic E-state index is 0.0833. The maximum absolute atomic E-state index is 13.7. The Balaban J connectivity index is 1.91. The van der Waals surface area contributed by atoms with Gasteiger partial charge in [-0.1, -0.05) is 23.4 Å². The van der Waals surface area contributed by atoms with Crippen molar-refractivity contribution >= 4 is 17.6 Å². The third-order valence-corrected chi connectivity index (χ3v) is 3.27. The number of benzene rings is 1. The summed E-state index contributed by atoms with van der Waals surface area (Å²) in [6.07, 6.45) is 0.0833. The molecule has 6 nitrogen and oxygen atoms in total. The summed E-state index contributed by atoms with van der Waals surface area (Å²) in [5.74, 6) is 0.0267. The fourth-order valence-corrected chi connectivity index (χ4v) is 2.05. The first-order chi connectivity index (χ1) is 11.0. The minimum Gasteiger partial charge on any atom is -0.360 e. The maximum atomic E-state index is 13.7. The number of carbonyl (C=O) groups excluding carboxylic acids is 2. The van der Waals surface area contributed by atoms with Crippen LogP contribution in [0.3, 0.4) is 0 Å². The van der Waals surface area contributed by atoms with E-state index in [0.717, 1.165) is 0 Å². The molecule has 0 radical (unpaired) electrons. The number of anilines is 1. The zero-order chi connectivity index (χ0) is 16.8. The predicted molar refractivity (Wildman–Crippen MR) is 82.0 cm³/mol. The molecule has 0 bridgehead atoms. The van der Waals surface area contributed by atoms with Crippen molar-refractivity contribution in [1.82, 2.24) is 10.1 Å². The first-order valence-corrected chi connectivity index (χ1v) is 7.18. The van der Waals surface area contributed by atoms with Gasteiger partial charge in [0.25, 0.3) is 0 Å². The zero-order valence-corrected chi connectivity index (χ0v) is 13.0. The molecule has 1 heterocycles. The second-order valence-corrected chi connectivity index (χ2v) is 5.15. The van der Waals surface area contributed by atoms with Gasteiger partial charge in [0.1, 0.15) is 11.6 Å². The monoisotopic (exact) mass is 319 g/mol. The van der Waals surface area contributed by atoms with Crippen molar-refractivity contribution < 1.29 is 18.5 Å². The lowest BCUT2D eigenvalue weighted by Gasteiger charge is -2.21. The zero-order valence-electron chi connectivity index (χ0n) is 13.0. The molecule has 2 aromatic rings. The van der Waals surface area contributed by atoms with Crippen LogP contribution in [0.2, 0.25) is 0 Å². The van der Waals surface area contributed by atoms with Crippen LogP contribution in [0.4, 0.5) is 10.2 Å². The molecule has 23 heavy (non-hydrogen) atoms. The lowest BCUT2D eigenvalue weighted by Crippen LogP contribution is -2.31. The van der Waals surface area contributed by atoms with E-state index in [4.69, 9.17) is 4.52 Å². The van der Waals surface area contributed by atoms with Crippen molar-refractivity contribution in [3.63, 3.8) is 0 Å². The number of aryl methyl sites for hydroxylation is 1. The minimum atomic E-state index is -0.374. The fourth-order valence-electron chi connectivity index (χ4n) is 2.05. The van der Waals surface area contributed by atoms with E-state index in [1.165, 1.54) is 17.9 Å². The van der Waals surface area contributed by atoms with Gasteiger partial charge in [0.15, 0.2) is 5.82 Å². The number of nitrogens with one attached hydrogen (secondary N) is 1. The summed E-state index contributed by atoms with van der Waals surface area (Å²) < 4.78 is 18.5. The molecule has 0 aliphatic heterocycles. The molecule has 2 rings (SSSR count). The quantitative estimate of drug-likeness (QED) is 0.887. The lowest BCUT2D eigenvalue weighted by molar-refractivity contribution is -0.130. The number of amides is 2. The Morgan fingerprint density at radius 1 is 1.35 bits per heavy atom. The fraction of sp³-hybridized carbons (Fsp3) is 0.312. The molecule has 7 heteroatoms. The average Bonchev–Trinajstić information content (AvgIpc) is 2.90. The van der Waals surface area contributed by atoms with Crippen LogP contribution >= 0.6 is 0 Å². The Hall–Kier alpha value is -2.70. The molecule has 1 aromatic carbocycles. The number of halogens is 1. The molecule has 0 spiro atoms. The highest BCUT2D eigenvalue weighted by atomic mass is 19.1. The normalized spacial score (nSPS) is 10.4. The second-order valence-electron chi connectivity index (χ2n) is 5.15. The molecular weight excluding hydrogens is 301 g/mol. The predicted octanol–water partition coefficient (Wildman–Crippen LogP) is 2.50. The summed E-state index contributed by atoms with van der Waals surface area (Å²) in [5.41, 5.74) is 0.412. The van der Waals surface area contributed by atoms with Gasteiger partial charge in [0, 0.05) is 38.1 Å². The van der Waals surface area contributed by atoms with Gasteiger partial charge in [-0.25, -0.2) is 4.39 Å². The van der Waals surface area contributed by atoms with Crippen molar-refractivity contribution in [3.8, 4) is 0 Å². The van der Waals surface area contributed by atoms with Crippen LogP contribution in [-0.4, -0.2) is 28.4 Å². The Kier molecular flexibility index (Phi) is 5.46. The second kappa shape index (κ2) is 7.53. The topological polar surface area (TPSA) is 75.4 Å². The summed E-state index contributed by atoms with van der Waals surface area (Å²) in [6, 6.07) is 7.84. The highest BCUT2D eigenvalue weighted by Crippen LogP contribution is 2.11. The van der Waals surface area contributed by atoms with E-state index in [1.807, 2.05) is 0 Å². The smallest absolute Gasteiger partial charge is 0.227 e. The summed E-state index contributed by atoms with van der Waals surface area (Å²) in [4.78, 5) is 25.0. The number of nitrogens with zero attached hydrogens (tertiary/aromatic N) is 2. The molecule has 2 amide bonds. The van der Waals surface area contributed by atoms with Gasteiger partial charge in [-0.05, 0) is 13.0 Å². The van der Waals surface area contributed by atoms with Gasteiger partial charge < -0.3 is 14.7 Å². The van der Waals surface area contributed by atoms with Crippen molar-refractivity contribution in [2.45, 2.75) is 26.8 Å². The first kappa shape index (κ1) is 16.7. The van der Waals surface area contributed by atoms with Crippen LogP contribution in [0.25, 0.3) is 0 Å². The largest absolute Gasteiger partial charge is 0.360 e. The molecular formula is C16H18FN3O3. The summed E-state index contributed by atoms with van der Waals surface area (Å²) >= 11 is 0. The van der Waals surface area contributed by atoms with E-state index >= 15 is 0 Å². The van der Waals surface area contributed by atoms with Crippen molar-refractivity contribution in [2.24, 2.45) is 0 Å². The van der Waals surface area contributed by atoms with Gasteiger partial charge in [0.05, 0.1) is 0 Å². The Morgan fingerprint density at radius 2 is 2.09 bits per heavy atom. The van der Waals surface area contributed by atoms with Crippen molar-refractivity contribution in [1.29, 1.82) is 0 Å². The Labute approximate surface area is 133 Å². The van der Waals surface area contributed by atoms with E-state index < -0.39 is 0 Å². The number of aromatic nitrogens is 1. The van der Waals surface area contributed by atoms with E-state index in [1.54, 1.807) is 31.2 Å². The van der Waals surface area contributed by atoms with E-state index in [9.17, 15) is 14.0 Å². The number of hydrogen-bond acceptors (Lipinski definition) is 4. The van der Waals surface area contributed by atoms with Crippen LogP contribution in [0.5, 0.6) is 0 Å². The molecule has 1 aromatic heterocycles. The highest BCUT2D eigenvalue weighted by Gasteiger charge is 2.14. The van der Waals surface area contributed by atoms with Crippen LogP contribution in [0.1, 0.15) is 24.7 Å². The highest BCUT2D eigenvalue weighted by molar-refractivity contribution is 5.90. The molecule has 0 unspecified atom stereocenters. The Bertz CT molecular complexity index is 699. The van der Waals surface area contributed by atoms with Crippen LogP contribution in [-0.2, 0) is 16.1 Å². The number of hydrogen-bond donors (Lipinski definition) is 1. The van der Waals surface area contributed by atoms with Gasteiger partial charge in [0.2, 0.25) is 11.8 Å². The van der Waals surface area contributed by atoms with Crippen molar-refractivity contribution in [3.05, 3.63) is 47.5 Å². The van der Waals surface area contributed by atoms with Gasteiger partial charge in [-0.3, -0.25) is 9.59 Å². The lowest BCUT2D eigenvalue weighted by atomic mass is 10.2. The standard InChI is InChI=1S/C16H18FN3O3/c1-11-9-15(19-23-11)18-16(22)7-8-20(12(2)21)10-13-5-3-4-6-14(13)17/h3-6,9H,7-8,10H2,1-2H3,(H,18,19,22).